The van der Waals surface area contributed by atoms with Gasteiger partial charge in [0.1, 0.15) is 18.5 Å². The molecule has 1 aromatic carbocycles. The van der Waals surface area contributed by atoms with Crippen LogP contribution < -0.4 is 10.1 Å². The molecule has 1 aromatic heterocycles. The van der Waals surface area contributed by atoms with E-state index in [1.807, 2.05) is 24.3 Å². The van der Waals surface area contributed by atoms with E-state index in [2.05, 4.69) is 31.4 Å². The van der Waals surface area contributed by atoms with Crippen LogP contribution in [0.1, 0.15) is 11.7 Å². The standard InChI is InChI=1S/C14H18BrN3O3/c1-10-17-14(18-21-10)5-6-16-8-12(19)9-20-13-4-2-3-11(15)7-13/h2-4,7,12,16,19H,5-6,8-9H2,1H3. The Morgan fingerprint density at radius 2 is 2.33 bits per heavy atom. The van der Waals surface area contributed by atoms with E-state index in [1.165, 1.54) is 0 Å². The van der Waals surface area contributed by atoms with Gasteiger partial charge in [-0.2, -0.15) is 4.98 Å². The molecule has 2 rings (SSSR count). The Morgan fingerprint density at radius 1 is 1.48 bits per heavy atom. The summed E-state index contributed by atoms with van der Waals surface area (Å²) in [6, 6.07) is 7.52. The van der Waals surface area contributed by atoms with E-state index in [9.17, 15) is 5.11 Å². The Kier molecular flexibility index (Phi) is 6.16. The third kappa shape index (κ3) is 5.82. The third-order valence-corrected chi connectivity index (χ3v) is 3.21. The Morgan fingerprint density at radius 3 is 3.05 bits per heavy atom. The molecule has 0 saturated heterocycles. The molecule has 7 heteroatoms. The zero-order valence-electron chi connectivity index (χ0n) is 11.8. The summed E-state index contributed by atoms with van der Waals surface area (Å²) < 4.78 is 11.3. The molecule has 1 heterocycles. The first-order valence-electron chi connectivity index (χ1n) is 6.70. The molecule has 0 radical (unpaired) electrons. The number of nitrogens with zero attached hydrogens (tertiary/aromatic N) is 2. The van der Waals surface area contributed by atoms with Crippen molar-refractivity contribution in [1.82, 2.24) is 15.5 Å². The lowest BCUT2D eigenvalue weighted by Crippen LogP contribution is -2.32. The lowest BCUT2D eigenvalue weighted by molar-refractivity contribution is 0.106. The van der Waals surface area contributed by atoms with E-state index >= 15 is 0 Å². The van der Waals surface area contributed by atoms with E-state index in [0.29, 0.717) is 31.2 Å². The van der Waals surface area contributed by atoms with E-state index in [-0.39, 0.29) is 6.61 Å². The highest BCUT2D eigenvalue weighted by atomic mass is 79.9. The normalized spacial score (nSPS) is 12.3. The van der Waals surface area contributed by atoms with Gasteiger partial charge < -0.3 is 19.7 Å². The van der Waals surface area contributed by atoms with Crippen molar-refractivity contribution in [2.75, 3.05) is 19.7 Å². The van der Waals surface area contributed by atoms with E-state index in [1.54, 1.807) is 6.92 Å². The second-order valence-electron chi connectivity index (χ2n) is 4.61. The van der Waals surface area contributed by atoms with Crippen LogP contribution in [0.25, 0.3) is 0 Å². The topological polar surface area (TPSA) is 80.4 Å². The molecule has 114 valence electrons. The fraction of sp³-hybridized carbons (Fsp3) is 0.429. The molecule has 0 aliphatic carbocycles. The van der Waals surface area contributed by atoms with Crippen LogP contribution in [-0.2, 0) is 6.42 Å². The van der Waals surface area contributed by atoms with Crippen LogP contribution in [0.2, 0.25) is 0 Å². The maximum absolute atomic E-state index is 9.83. The molecular formula is C14H18BrN3O3. The molecule has 0 spiro atoms. The Labute approximate surface area is 131 Å². The van der Waals surface area contributed by atoms with Gasteiger partial charge in [-0.1, -0.05) is 27.2 Å². The quantitative estimate of drug-likeness (QED) is 0.701. The molecule has 0 fully saturated rings. The van der Waals surface area contributed by atoms with Crippen molar-refractivity contribution in [3.63, 3.8) is 0 Å². The fourth-order valence-corrected chi connectivity index (χ4v) is 2.10. The van der Waals surface area contributed by atoms with Gasteiger partial charge in [-0.05, 0) is 18.2 Å². The van der Waals surface area contributed by atoms with Crippen molar-refractivity contribution < 1.29 is 14.4 Å². The average molecular weight is 356 g/mol. The summed E-state index contributed by atoms with van der Waals surface area (Å²) in [5.41, 5.74) is 0. The van der Waals surface area contributed by atoms with Crippen molar-refractivity contribution in [3.8, 4) is 5.75 Å². The zero-order valence-corrected chi connectivity index (χ0v) is 13.3. The van der Waals surface area contributed by atoms with Crippen LogP contribution in [0, 0.1) is 6.92 Å². The summed E-state index contributed by atoms with van der Waals surface area (Å²) in [4.78, 5) is 4.10. The number of ether oxygens (including phenoxy) is 1. The summed E-state index contributed by atoms with van der Waals surface area (Å²) >= 11 is 3.37. The molecule has 2 aromatic rings. The zero-order chi connectivity index (χ0) is 15.1. The molecule has 2 N–H and O–H groups in total. The van der Waals surface area contributed by atoms with Gasteiger partial charge in [-0.25, -0.2) is 0 Å². The van der Waals surface area contributed by atoms with Crippen molar-refractivity contribution in [1.29, 1.82) is 0 Å². The molecule has 0 amide bonds. The number of rotatable bonds is 8. The average Bonchev–Trinajstić information content (AvgIpc) is 2.87. The van der Waals surface area contributed by atoms with Gasteiger partial charge in [-0.3, -0.25) is 0 Å². The van der Waals surface area contributed by atoms with Crippen molar-refractivity contribution in [2.45, 2.75) is 19.4 Å². The smallest absolute Gasteiger partial charge is 0.223 e. The minimum atomic E-state index is -0.573. The number of nitrogens with one attached hydrogen (secondary N) is 1. The summed E-state index contributed by atoms with van der Waals surface area (Å²) in [6.07, 6.45) is 0.0901. The van der Waals surface area contributed by atoms with E-state index in [0.717, 1.165) is 10.2 Å². The number of halogens is 1. The van der Waals surface area contributed by atoms with Crippen LogP contribution in [0.3, 0.4) is 0 Å². The molecule has 0 bridgehead atoms. The minimum absolute atomic E-state index is 0.241. The summed E-state index contributed by atoms with van der Waals surface area (Å²) in [5, 5.41) is 16.8. The molecule has 0 aliphatic heterocycles. The first-order valence-corrected chi connectivity index (χ1v) is 7.49. The number of benzene rings is 1. The Balaban J connectivity index is 1.60. The number of aromatic nitrogens is 2. The second-order valence-corrected chi connectivity index (χ2v) is 5.52. The monoisotopic (exact) mass is 355 g/mol. The van der Waals surface area contributed by atoms with Crippen LogP contribution >= 0.6 is 15.9 Å². The maximum Gasteiger partial charge on any atom is 0.223 e. The van der Waals surface area contributed by atoms with Gasteiger partial charge in [-0.15, -0.1) is 0 Å². The number of aliphatic hydroxyl groups excluding tert-OH is 1. The van der Waals surface area contributed by atoms with Crippen LogP contribution in [0.5, 0.6) is 5.75 Å². The number of aryl methyl sites for hydroxylation is 1. The molecule has 1 unspecified atom stereocenters. The second kappa shape index (κ2) is 8.11. The summed E-state index contributed by atoms with van der Waals surface area (Å²) in [5.74, 6) is 1.96. The van der Waals surface area contributed by atoms with Gasteiger partial charge in [0.2, 0.25) is 5.89 Å². The minimum Gasteiger partial charge on any atom is -0.491 e. The van der Waals surface area contributed by atoms with Gasteiger partial charge in [0, 0.05) is 30.9 Å². The van der Waals surface area contributed by atoms with Crippen molar-refractivity contribution in [2.24, 2.45) is 0 Å². The molecular weight excluding hydrogens is 338 g/mol. The largest absolute Gasteiger partial charge is 0.491 e. The molecule has 0 aliphatic rings. The highest BCUT2D eigenvalue weighted by molar-refractivity contribution is 9.10. The number of hydrogen-bond donors (Lipinski definition) is 2. The lowest BCUT2D eigenvalue weighted by Gasteiger charge is -2.13. The first kappa shape index (κ1) is 15.9. The lowest BCUT2D eigenvalue weighted by atomic mass is 10.3. The first-order chi connectivity index (χ1) is 10.1. The fourth-order valence-electron chi connectivity index (χ4n) is 1.72. The van der Waals surface area contributed by atoms with Gasteiger partial charge in [0.05, 0.1) is 0 Å². The number of aliphatic hydroxyl groups is 1. The summed E-state index contributed by atoms with van der Waals surface area (Å²) in [7, 11) is 0. The Hall–Kier alpha value is -1.44. The number of hydrogen-bond acceptors (Lipinski definition) is 6. The van der Waals surface area contributed by atoms with Crippen LogP contribution in [0.15, 0.2) is 33.3 Å². The predicted octanol–water partition coefficient (Wildman–Crippen LogP) is 1.71. The maximum atomic E-state index is 9.83. The molecule has 0 saturated carbocycles. The van der Waals surface area contributed by atoms with Crippen LogP contribution in [0.4, 0.5) is 0 Å². The van der Waals surface area contributed by atoms with Crippen molar-refractivity contribution >= 4 is 15.9 Å². The highest BCUT2D eigenvalue weighted by Gasteiger charge is 2.06. The van der Waals surface area contributed by atoms with Crippen LogP contribution in [-0.4, -0.2) is 41.0 Å². The van der Waals surface area contributed by atoms with Crippen molar-refractivity contribution in [3.05, 3.63) is 40.5 Å². The predicted molar refractivity (Wildman–Crippen MR) is 81.3 cm³/mol. The SMILES string of the molecule is Cc1nc(CCNCC(O)COc2cccc(Br)c2)no1. The third-order valence-electron chi connectivity index (χ3n) is 2.71. The van der Waals surface area contributed by atoms with Gasteiger partial charge in [0.25, 0.3) is 0 Å². The van der Waals surface area contributed by atoms with E-state index < -0.39 is 6.10 Å². The highest BCUT2D eigenvalue weighted by Crippen LogP contribution is 2.17. The molecule has 21 heavy (non-hydrogen) atoms. The Bertz CT molecular complexity index is 562. The molecule has 1 atom stereocenters. The van der Waals surface area contributed by atoms with Gasteiger partial charge in [0.15, 0.2) is 5.82 Å². The van der Waals surface area contributed by atoms with Gasteiger partial charge >= 0.3 is 0 Å². The summed E-state index contributed by atoms with van der Waals surface area (Å²) in [6.45, 7) is 3.12. The molecule has 6 nitrogen and oxygen atoms in total. The van der Waals surface area contributed by atoms with E-state index in [4.69, 9.17) is 9.26 Å².